The molecule has 1 nitrogen and oxygen atoms in total. The van der Waals surface area contributed by atoms with Crippen LogP contribution in [0.2, 0.25) is 5.02 Å². The van der Waals surface area contributed by atoms with Gasteiger partial charge in [0.2, 0.25) is 0 Å². The molecule has 0 bridgehead atoms. The average Bonchev–Trinajstić information content (AvgIpc) is 2.31. The van der Waals surface area contributed by atoms with E-state index in [0.29, 0.717) is 6.04 Å². The smallest absolute Gasteiger partial charge is 0.0410 e. The van der Waals surface area contributed by atoms with Crippen LogP contribution < -0.4 is 5.32 Å². The molecule has 1 aromatic carbocycles. The second-order valence-corrected chi connectivity index (χ2v) is 6.12. The lowest BCUT2D eigenvalue weighted by atomic mass is 9.94. The van der Waals surface area contributed by atoms with Gasteiger partial charge in [-0.3, -0.25) is 0 Å². The van der Waals surface area contributed by atoms with Crippen molar-refractivity contribution >= 4 is 34.2 Å². The number of hydrogen-bond donors (Lipinski definition) is 1. The minimum Gasteiger partial charge on any atom is -0.310 e. The summed E-state index contributed by atoms with van der Waals surface area (Å²) in [6.45, 7) is 7.70. The number of nitrogens with one attached hydrogen (secondary N) is 1. The molecule has 0 radical (unpaired) electrons. The van der Waals surface area contributed by atoms with E-state index in [1.54, 1.807) is 0 Å². The molecule has 3 heteroatoms. The maximum atomic E-state index is 6.10. The summed E-state index contributed by atoms with van der Waals surface area (Å²) < 4.78 is 1.29. The molecule has 96 valence electrons. The molecule has 1 N–H and O–H groups in total. The lowest BCUT2D eigenvalue weighted by Gasteiger charge is -2.23. The van der Waals surface area contributed by atoms with Gasteiger partial charge in [-0.15, -0.1) is 0 Å². The van der Waals surface area contributed by atoms with E-state index >= 15 is 0 Å². The Labute approximate surface area is 123 Å². The van der Waals surface area contributed by atoms with Gasteiger partial charge >= 0.3 is 0 Å². The van der Waals surface area contributed by atoms with Crippen LogP contribution in [0.25, 0.3) is 0 Å². The Bertz CT molecular complexity index is 354. The Kier molecular flexibility index (Phi) is 6.82. The molecule has 0 aromatic heterocycles. The Balaban J connectivity index is 2.91. The van der Waals surface area contributed by atoms with Crippen LogP contribution in [0.15, 0.2) is 18.2 Å². The Morgan fingerprint density at radius 1 is 1.35 bits per heavy atom. The van der Waals surface area contributed by atoms with Gasteiger partial charge in [0.05, 0.1) is 0 Å². The monoisotopic (exact) mass is 365 g/mol. The first-order valence-corrected chi connectivity index (χ1v) is 7.72. The minimum absolute atomic E-state index is 0.417. The quantitative estimate of drug-likeness (QED) is 0.697. The summed E-state index contributed by atoms with van der Waals surface area (Å²) in [6, 6.07) is 6.57. The zero-order valence-corrected chi connectivity index (χ0v) is 13.7. The standard InChI is InChI=1S/C14H21ClIN/c1-4-10(3)8-14(17-5-2)12-9-11(15)6-7-13(12)16/h6-7,9-10,14,17H,4-5,8H2,1-3H3. The second kappa shape index (κ2) is 7.59. The van der Waals surface area contributed by atoms with Crippen LogP contribution in [-0.2, 0) is 0 Å². The van der Waals surface area contributed by atoms with Gasteiger partial charge in [-0.2, -0.15) is 0 Å². The second-order valence-electron chi connectivity index (χ2n) is 4.53. The zero-order chi connectivity index (χ0) is 12.8. The third kappa shape index (κ3) is 4.76. The number of rotatable bonds is 6. The van der Waals surface area contributed by atoms with E-state index < -0.39 is 0 Å². The molecule has 0 aliphatic heterocycles. The van der Waals surface area contributed by atoms with Crippen molar-refractivity contribution in [1.29, 1.82) is 0 Å². The summed E-state index contributed by atoms with van der Waals surface area (Å²) in [5.41, 5.74) is 1.33. The number of benzene rings is 1. The van der Waals surface area contributed by atoms with Crippen LogP contribution in [0.3, 0.4) is 0 Å². The maximum Gasteiger partial charge on any atom is 0.0410 e. The normalized spacial score (nSPS) is 14.6. The fourth-order valence-electron chi connectivity index (χ4n) is 1.92. The number of hydrogen-bond acceptors (Lipinski definition) is 1. The van der Waals surface area contributed by atoms with Gasteiger partial charge in [-0.1, -0.05) is 38.8 Å². The van der Waals surface area contributed by atoms with E-state index in [-0.39, 0.29) is 0 Å². The largest absolute Gasteiger partial charge is 0.310 e. The molecule has 2 atom stereocenters. The molecule has 1 rings (SSSR count). The van der Waals surface area contributed by atoms with Crippen molar-refractivity contribution in [2.75, 3.05) is 6.54 Å². The molecule has 0 fully saturated rings. The molecule has 0 saturated carbocycles. The van der Waals surface area contributed by atoms with Gasteiger partial charge in [-0.25, -0.2) is 0 Å². The van der Waals surface area contributed by atoms with Gasteiger partial charge in [0, 0.05) is 14.6 Å². The lowest BCUT2D eigenvalue weighted by Crippen LogP contribution is -2.23. The highest BCUT2D eigenvalue weighted by molar-refractivity contribution is 14.1. The lowest BCUT2D eigenvalue weighted by molar-refractivity contribution is 0.407. The van der Waals surface area contributed by atoms with Crippen molar-refractivity contribution in [3.8, 4) is 0 Å². The summed E-state index contributed by atoms with van der Waals surface area (Å²) in [5.74, 6) is 0.730. The third-order valence-corrected chi connectivity index (χ3v) is 4.34. The molecular weight excluding hydrogens is 345 g/mol. The van der Waals surface area contributed by atoms with Crippen molar-refractivity contribution in [1.82, 2.24) is 5.32 Å². The minimum atomic E-state index is 0.417. The maximum absolute atomic E-state index is 6.10. The van der Waals surface area contributed by atoms with Crippen LogP contribution in [0.1, 0.15) is 45.2 Å². The van der Waals surface area contributed by atoms with Crippen molar-refractivity contribution in [3.63, 3.8) is 0 Å². The van der Waals surface area contributed by atoms with Crippen molar-refractivity contribution < 1.29 is 0 Å². The van der Waals surface area contributed by atoms with E-state index in [9.17, 15) is 0 Å². The summed E-state index contributed by atoms with van der Waals surface area (Å²) in [6.07, 6.45) is 2.39. The van der Waals surface area contributed by atoms with Crippen molar-refractivity contribution in [2.45, 2.75) is 39.7 Å². The first-order valence-electron chi connectivity index (χ1n) is 6.26. The zero-order valence-electron chi connectivity index (χ0n) is 10.8. The predicted octanol–water partition coefficient (Wildman–Crippen LogP) is 5.03. The number of halogens is 2. The molecule has 17 heavy (non-hydrogen) atoms. The summed E-state index contributed by atoms with van der Waals surface area (Å²) >= 11 is 8.49. The van der Waals surface area contributed by atoms with E-state index in [4.69, 9.17) is 11.6 Å². The molecule has 0 aliphatic carbocycles. The van der Waals surface area contributed by atoms with Crippen LogP contribution in [0.5, 0.6) is 0 Å². The topological polar surface area (TPSA) is 12.0 Å². The van der Waals surface area contributed by atoms with Crippen LogP contribution in [0, 0.1) is 9.49 Å². The molecule has 0 spiro atoms. The highest BCUT2D eigenvalue weighted by atomic mass is 127. The SMILES string of the molecule is CCNC(CC(C)CC)c1cc(Cl)ccc1I. The van der Waals surface area contributed by atoms with E-state index in [1.807, 2.05) is 6.07 Å². The predicted molar refractivity (Wildman–Crippen MR) is 84.7 cm³/mol. The van der Waals surface area contributed by atoms with Crippen molar-refractivity contribution in [3.05, 3.63) is 32.4 Å². The molecule has 0 amide bonds. The average molecular weight is 366 g/mol. The first-order chi connectivity index (χ1) is 8.08. The van der Waals surface area contributed by atoms with Gasteiger partial charge in [0.1, 0.15) is 0 Å². The third-order valence-electron chi connectivity index (χ3n) is 3.12. The highest BCUT2D eigenvalue weighted by Crippen LogP contribution is 2.29. The van der Waals surface area contributed by atoms with Crippen LogP contribution in [-0.4, -0.2) is 6.54 Å². The van der Waals surface area contributed by atoms with Crippen molar-refractivity contribution in [2.24, 2.45) is 5.92 Å². The first kappa shape index (κ1) is 15.3. The summed E-state index contributed by atoms with van der Waals surface area (Å²) in [5, 5.41) is 4.40. The molecular formula is C14H21ClIN. The Morgan fingerprint density at radius 2 is 2.06 bits per heavy atom. The van der Waals surface area contributed by atoms with Gasteiger partial charge in [-0.05, 0) is 65.2 Å². The Hall–Kier alpha value is 0.200. The van der Waals surface area contributed by atoms with Crippen LogP contribution >= 0.6 is 34.2 Å². The van der Waals surface area contributed by atoms with E-state index in [1.165, 1.54) is 22.0 Å². The van der Waals surface area contributed by atoms with E-state index in [2.05, 4.69) is 60.8 Å². The highest BCUT2D eigenvalue weighted by Gasteiger charge is 2.16. The molecule has 0 saturated heterocycles. The van der Waals surface area contributed by atoms with Crippen LogP contribution in [0.4, 0.5) is 0 Å². The summed E-state index contributed by atoms with van der Waals surface area (Å²) in [4.78, 5) is 0. The Morgan fingerprint density at radius 3 is 2.65 bits per heavy atom. The van der Waals surface area contributed by atoms with Gasteiger partial charge in [0.25, 0.3) is 0 Å². The molecule has 0 aliphatic rings. The van der Waals surface area contributed by atoms with E-state index in [0.717, 1.165) is 17.5 Å². The fraction of sp³-hybridized carbons (Fsp3) is 0.571. The fourth-order valence-corrected chi connectivity index (χ4v) is 2.81. The molecule has 1 aromatic rings. The summed E-state index contributed by atoms with van der Waals surface area (Å²) in [7, 11) is 0. The molecule has 0 heterocycles. The van der Waals surface area contributed by atoms with Gasteiger partial charge < -0.3 is 5.32 Å². The van der Waals surface area contributed by atoms with Gasteiger partial charge in [0.15, 0.2) is 0 Å². The molecule has 2 unspecified atom stereocenters.